The maximum Gasteiger partial charge on any atom is 0.150 e. The summed E-state index contributed by atoms with van der Waals surface area (Å²) in [5, 5.41) is 1.28. The van der Waals surface area contributed by atoms with Gasteiger partial charge in [0.2, 0.25) is 0 Å². The molecule has 5 nitrogen and oxygen atoms in total. The van der Waals surface area contributed by atoms with Crippen molar-refractivity contribution < 1.29 is 0 Å². The number of imidazole rings is 1. The van der Waals surface area contributed by atoms with Crippen LogP contribution in [0.25, 0.3) is 10.1 Å². The molecule has 0 atom stereocenters. The number of fused-ring (bicyclic) bond motifs is 1. The van der Waals surface area contributed by atoms with Gasteiger partial charge in [-0.25, -0.2) is 4.98 Å². The van der Waals surface area contributed by atoms with Crippen molar-refractivity contribution in [3.05, 3.63) is 42.0 Å². The number of benzene rings is 1. The Labute approximate surface area is 140 Å². The number of nitrogens with zero attached hydrogens (tertiary/aromatic N) is 5. The molecule has 1 aromatic carbocycles. The number of piperazine rings is 1. The molecular weight excluding hydrogens is 306 g/mol. The Bertz CT molecular complexity index is 794. The van der Waals surface area contributed by atoms with E-state index in [0.717, 1.165) is 50.1 Å². The second-order valence-corrected chi connectivity index (χ2v) is 6.96. The summed E-state index contributed by atoms with van der Waals surface area (Å²) in [7, 11) is 2.05. The fourth-order valence-electron chi connectivity index (χ4n) is 3.16. The number of hydrogen-bond acceptors (Lipinski definition) is 5. The van der Waals surface area contributed by atoms with Gasteiger partial charge in [0, 0.05) is 51.4 Å². The molecule has 120 valence electrons. The smallest absolute Gasteiger partial charge is 0.150 e. The lowest BCUT2D eigenvalue weighted by atomic mass is 10.2. The summed E-state index contributed by atoms with van der Waals surface area (Å²) in [6, 6.07) is 8.50. The van der Waals surface area contributed by atoms with Crippen LogP contribution in [0.5, 0.6) is 0 Å². The highest BCUT2D eigenvalue weighted by atomic mass is 32.1. The van der Waals surface area contributed by atoms with Gasteiger partial charge in [0.15, 0.2) is 0 Å². The molecule has 3 aromatic rings. The molecule has 1 fully saturated rings. The first kappa shape index (κ1) is 14.7. The largest absolute Gasteiger partial charge is 0.353 e. The number of aromatic nitrogens is 3. The van der Waals surface area contributed by atoms with E-state index in [9.17, 15) is 0 Å². The second kappa shape index (κ2) is 5.94. The van der Waals surface area contributed by atoms with Crippen molar-refractivity contribution in [2.75, 3.05) is 31.1 Å². The third kappa shape index (κ3) is 2.84. The monoisotopic (exact) mass is 327 g/mol. The zero-order chi connectivity index (χ0) is 15.8. The Balaban J connectivity index is 1.42. The topological polar surface area (TPSA) is 37.2 Å². The summed E-state index contributed by atoms with van der Waals surface area (Å²) in [6.45, 7) is 7.16. The van der Waals surface area contributed by atoms with E-state index in [4.69, 9.17) is 0 Å². The Morgan fingerprint density at radius 2 is 1.91 bits per heavy atom. The molecule has 0 radical (unpaired) electrons. The number of aryl methyl sites for hydroxylation is 2. The van der Waals surface area contributed by atoms with E-state index in [1.807, 2.05) is 0 Å². The van der Waals surface area contributed by atoms with Gasteiger partial charge in [0.25, 0.3) is 0 Å². The van der Waals surface area contributed by atoms with E-state index in [0.29, 0.717) is 0 Å². The fourth-order valence-corrected chi connectivity index (χ4v) is 3.95. The maximum absolute atomic E-state index is 4.68. The van der Waals surface area contributed by atoms with Crippen LogP contribution in [-0.2, 0) is 13.6 Å². The van der Waals surface area contributed by atoms with Gasteiger partial charge in [-0.3, -0.25) is 4.90 Å². The summed E-state index contributed by atoms with van der Waals surface area (Å²) >= 11 is 1.60. The summed E-state index contributed by atoms with van der Waals surface area (Å²) in [5.74, 6) is 2.23. The molecule has 0 aliphatic carbocycles. The highest BCUT2D eigenvalue weighted by molar-refractivity contribution is 7.13. The van der Waals surface area contributed by atoms with E-state index in [2.05, 4.69) is 68.2 Å². The van der Waals surface area contributed by atoms with Crippen molar-refractivity contribution in [3.63, 3.8) is 0 Å². The Kier molecular flexibility index (Phi) is 3.79. The van der Waals surface area contributed by atoms with Crippen LogP contribution < -0.4 is 4.90 Å². The summed E-state index contributed by atoms with van der Waals surface area (Å²) < 4.78 is 8.04. The van der Waals surface area contributed by atoms with E-state index < -0.39 is 0 Å². The van der Waals surface area contributed by atoms with Crippen molar-refractivity contribution in [1.29, 1.82) is 0 Å². The van der Waals surface area contributed by atoms with E-state index >= 15 is 0 Å². The molecule has 6 heteroatoms. The lowest BCUT2D eigenvalue weighted by molar-refractivity contribution is 0.247. The highest BCUT2D eigenvalue weighted by Gasteiger charge is 2.21. The van der Waals surface area contributed by atoms with Crippen LogP contribution in [0.2, 0.25) is 0 Å². The Morgan fingerprint density at radius 3 is 2.65 bits per heavy atom. The van der Waals surface area contributed by atoms with Crippen LogP contribution >= 0.6 is 11.5 Å². The van der Waals surface area contributed by atoms with Crippen LogP contribution in [0, 0.1) is 6.92 Å². The third-order valence-corrected chi connectivity index (χ3v) is 5.39. The van der Waals surface area contributed by atoms with Crippen LogP contribution in [0.4, 0.5) is 5.82 Å². The van der Waals surface area contributed by atoms with Crippen LogP contribution in [0.3, 0.4) is 0 Å². The zero-order valence-corrected chi connectivity index (χ0v) is 14.4. The Hall–Kier alpha value is -1.92. The van der Waals surface area contributed by atoms with Crippen LogP contribution in [0.15, 0.2) is 30.5 Å². The van der Waals surface area contributed by atoms with Crippen molar-refractivity contribution in [2.24, 2.45) is 7.05 Å². The van der Waals surface area contributed by atoms with E-state index in [1.165, 1.54) is 10.1 Å². The van der Waals surface area contributed by atoms with Crippen molar-refractivity contribution >= 4 is 27.4 Å². The summed E-state index contributed by atoms with van der Waals surface area (Å²) in [4.78, 5) is 9.51. The quantitative estimate of drug-likeness (QED) is 0.741. The molecule has 23 heavy (non-hydrogen) atoms. The average Bonchev–Trinajstić information content (AvgIpc) is 3.12. The van der Waals surface area contributed by atoms with Crippen molar-refractivity contribution in [2.45, 2.75) is 13.5 Å². The van der Waals surface area contributed by atoms with Gasteiger partial charge in [-0.05, 0) is 30.6 Å². The molecule has 0 unspecified atom stereocenters. The molecule has 3 heterocycles. The molecule has 1 aliphatic rings. The molecule has 0 bridgehead atoms. The normalized spacial score (nSPS) is 16.3. The molecule has 2 aromatic heterocycles. The predicted octanol–water partition coefficient (Wildman–Crippen LogP) is 2.66. The molecule has 0 N–H and O–H groups in total. The molecule has 0 spiro atoms. The number of hydrogen-bond donors (Lipinski definition) is 0. The molecule has 4 rings (SSSR count). The lowest BCUT2D eigenvalue weighted by Gasteiger charge is -2.34. The molecular formula is C17H21N5S. The van der Waals surface area contributed by atoms with Gasteiger partial charge in [0.1, 0.15) is 11.6 Å². The molecule has 1 aliphatic heterocycles. The van der Waals surface area contributed by atoms with Gasteiger partial charge in [-0.1, -0.05) is 12.1 Å². The third-order valence-electron chi connectivity index (χ3n) is 4.57. The van der Waals surface area contributed by atoms with Crippen molar-refractivity contribution in [3.8, 4) is 0 Å². The van der Waals surface area contributed by atoms with E-state index in [-0.39, 0.29) is 0 Å². The summed E-state index contributed by atoms with van der Waals surface area (Å²) in [5.41, 5.74) is 1.16. The van der Waals surface area contributed by atoms with Gasteiger partial charge in [-0.15, -0.1) is 0 Å². The Morgan fingerprint density at radius 1 is 1.13 bits per heavy atom. The van der Waals surface area contributed by atoms with Crippen molar-refractivity contribution in [1.82, 2.24) is 18.8 Å². The first-order valence-corrected chi connectivity index (χ1v) is 8.78. The molecule has 0 saturated carbocycles. The van der Waals surface area contributed by atoms with Crippen LogP contribution in [0.1, 0.15) is 11.5 Å². The highest BCUT2D eigenvalue weighted by Crippen LogP contribution is 2.29. The zero-order valence-electron chi connectivity index (χ0n) is 13.6. The predicted molar refractivity (Wildman–Crippen MR) is 95.1 cm³/mol. The SMILES string of the molecule is Cc1nc(CN2CCN(c3nsc4ccccc34)CC2)cn1C. The van der Waals surface area contributed by atoms with E-state index in [1.54, 1.807) is 11.5 Å². The minimum absolute atomic E-state index is 0.938. The maximum atomic E-state index is 4.68. The second-order valence-electron chi connectivity index (χ2n) is 6.16. The van der Waals surface area contributed by atoms with Gasteiger partial charge >= 0.3 is 0 Å². The standard InChI is InChI=1S/C17H21N5S/c1-13-18-14(11-20(13)2)12-21-7-9-22(10-8-21)17-15-5-3-4-6-16(15)23-19-17/h3-6,11H,7-10,12H2,1-2H3. The number of anilines is 1. The van der Waals surface area contributed by atoms with Crippen LogP contribution in [-0.4, -0.2) is 45.0 Å². The van der Waals surface area contributed by atoms with Gasteiger partial charge < -0.3 is 9.47 Å². The number of rotatable bonds is 3. The first-order valence-electron chi connectivity index (χ1n) is 8.01. The summed E-state index contributed by atoms with van der Waals surface area (Å²) in [6.07, 6.45) is 2.13. The fraction of sp³-hybridized carbons (Fsp3) is 0.412. The average molecular weight is 327 g/mol. The van der Waals surface area contributed by atoms with Gasteiger partial charge in [0.05, 0.1) is 10.4 Å². The minimum atomic E-state index is 0.938. The lowest BCUT2D eigenvalue weighted by Crippen LogP contribution is -2.46. The minimum Gasteiger partial charge on any atom is -0.353 e. The van der Waals surface area contributed by atoms with Gasteiger partial charge in [-0.2, -0.15) is 4.37 Å². The molecule has 1 saturated heterocycles. The molecule has 0 amide bonds. The first-order chi connectivity index (χ1) is 11.2.